The molecule has 1 amide bonds. The van der Waals surface area contributed by atoms with Gasteiger partial charge in [-0.2, -0.15) is 0 Å². The molecule has 0 saturated carbocycles. The minimum Gasteiger partial charge on any atom is -0.462 e. The molecule has 1 N–H and O–H groups in total. The number of aryl methyl sites for hydroxylation is 2. The van der Waals surface area contributed by atoms with Crippen molar-refractivity contribution < 1.29 is 14.3 Å². The van der Waals surface area contributed by atoms with Crippen molar-refractivity contribution in [2.24, 2.45) is 0 Å². The molecule has 0 fully saturated rings. The molecule has 0 saturated heterocycles. The van der Waals surface area contributed by atoms with E-state index < -0.39 is 0 Å². The lowest BCUT2D eigenvalue weighted by molar-refractivity contribution is -0.113. The fraction of sp³-hybridized carbons (Fsp3) is 0.214. The number of thioether (sulfide) groups is 1. The first-order valence-corrected chi connectivity index (χ1v) is 12.5. The number of amides is 1. The second kappa shape index (κ2) is 11.1. The van der Waals surface area contributed by atoms with Crippen LogP contribution >= 0.6 is 11.8 Å². The van der Waals surface area contributed by atoms with Gasteiger partial charge in [0.1, 0.15) is 5.03 Å². The van der Waals surface area contributed by atoms with Crippen molar-refractivity contribution in [3.63, 3.8) is 0 Å². The van der Waals surface area contributed by atoms with Crippen molar-refractivity contribution in [3.8, 4) is 11.4 Å². The Kier molecular flexibility index (Phi) is 7.77. The third kappa shape index (κ3) is 6.05. The van der Waals surface area contributed by atoms with E-state index in [4.69, 9.17) is 14.7 Å². The summed E-state index contributed by atoms with van der Waals surface area (Å²) in [6.45, 7) is 6.23. The number of fused-ring (bicyclic) bond motifs is 1. The number of nitrogens with one attached hydrogen (secondary N) is 1. The van der Waals surface area contributed by atoms with Gasteiger partial charge in [0.2, 0.25) is 5.91 Å². The van der Waals surface area contributed by atoms with Crippen LogP contribution in [0.3, 0.4) is 0 Å². The SMILES string of the molecule is CCOC(=O)c1ccc(NC(=O)CSc2nc(-c3cccc(C)c3)nc3ccc(CC)cc23)cc1. The summed E-state index contributed by atoms with van der Waals surface area (Å²) in [6.07, 6.45) is 0.905. The predicted molar refractivity (Wildman–Crippen MR) is 141 cm³/mol. The monoisotopic (exact) mass is 485 g/mol. The van der Waals surface area contributed by atoms with Gasteiger partial charge in [-0.25, -0.2) is 14.8 Å². The molecule has 0 atom stereocenters. The summed E-state index contributed by atoms with van der Waals surface area (Å²) in [7, 11) is 0. The van der Waals surface area contributed by atoms with Crippen LogP contribution < -0.4 is 5.32 Å². The molecule has 0 spiro atoms. The number of aromatic nitrogens is 2. The number of anilines is 1. The van der Waals surface area contributed by atoms with E-state index in [0.717, 1.165) is 33.5 Å². The molecule has 1 heterocycles. The van der Waals surface area contributed by atoms with Crippen molar-refractivity contribution in [1.29, 1.82) is 0 Å². The van der Waals surface area contributed by atoms with Gasteiger partial charge in [0.05, 0.1) is 23.4 Å². The minimum atomic E-state index is -0.382. The molecule has 0 unspecified atom stereocenters. The normalized spacial score (nSPS) is 10.8. The van der Waals surface area contributed by atoms with Crippen LogP contribution in [-0.2, 0) is 16.0 Å². The molecule has 4 rings (SSSR count). The zero-order valence-electron chi connectivity index (χ0n) is 20.0. The highest BCUT2D eigenvalue weighted by molar-refractivity contribution is 8.00. The van der Waals surface area contributed by atoms with Crippen LogP contribution in [0.2, 0.25) is 0 Å². The van der Waals surface area contributed by atoms with E-state index >= 15 is 0 Å². The van der Waals surface area contributed by atoms with E-state index in [9.17, 15) is 9.59 Å². The molecule has 7 heteroatoms. The lowest BCUT2D eigenvalue weighted by Crippen LogP contribution is -2.14. The Balaban J connectivity index is 1.54. The zero-order chi connectivity index (χ0) is 24.8. The smallest absolute Gasteiger partial charge is 0.338 e. The Bertz CT molecular complexity index is 1370. The predicted octanol–water partition coefficient (Wildman–Crippen LogP) is 6.08. The fourth-order valence-corrected chi connectivity index (χ4v) is 4.44. The van der Waals surface area contributed by atoms with E-state index in [2.05, 4.69) is 30.4 Å². The quantitative estimate of drug-likeness (QED) is 0.185. The third-order valence-electron chi connectivity index (χ3n) is 5.43. The van der Waals surface area contributed by atoms with Crippen LogP contribution in [0.1, 0.15) is 35.3 Å². The second-order valence-corrected chi connectivity index (χ2v) is 9.03. The molecule has 178 valence electrons. The average Bonchev–Trinajstić information content (AvgIpc) is 2.87. The summed E-state index contributed by atoms with van der Waals surface area (Å²) < 4.78 is 4.99. The Hall–Kier alpha value is -3.71. The Labute approximate surface area is 209 Å². The van der Waals surface area contributed by atoms with E-state index in [1.807, 2.05) is 31.2 Å². The topological polar surface area (TPSA) is 81.2 Å². The Morgan fingerprint density at radius 1 is 0.971 bits per heavy atom. The number of carbonyl (C=O) groups excluding carboxylic acids is 2. The average molecular weight is 486 g/mol. The van der Waals surface area contributed by atoms with Crippen LogP contribution in [0.5, 0.6) is 0 Å². The van der Waals surface area contributed by atoms with Crippen LogP contribution in [0.25, 0.3) is 22.3 Å². The molecular formula is C28H27N3O3S. The van der Waals surface area contributed by atoms with Gasteiger partial charge in [0.15, 0.2) is 5.82 Å². The van der Waals surface area contributed by atoms with Gasteiger partial charge in [-0.05, 0) is 68.3 Å². The van der Waals surface area contributed by atoms with E-state index in [0.29, 0.717) is 23.7 Å². The lowest BCUT2D eigenvalue weighted by Gasteiger charge is -2.11. The standard InChI is InChI=1S/C28H27N3O3S/c1-4-19-9-14-24-23(16-19)27(31-26(30-24)21-8-6-7-18(3)15-21)35-17-25(32)29-22-12-10-20(11-13-22)28(33)34-5-2/h6-16H,4-5,17H2,1-3H3,(H,29,32). The highest BCUT2D eigenvalue weighted by atomic mass is 32.2. The molecule has 0 radical (unpaired) electrons. The lowest BCUT2D eigenvalue weighted by atomic mass is 10.1. The first-order chi connectivity index (χ1) is 17.0. The van der Waals surface area contributed by atoms with E-state index in [1.54, 1.807) is 31.2 Å². The van der Waals surface area contributed by atoms with E-state index in [1.165, 1.54) is 17.3 Å². The maximum atomic E-state index is 12.7. The third-order valence-corrected chi connectivity index (χ3v) is 6.42. The van der Waals surface area contributed by atoms with Crippen molar-refractivity contribution in [1.82, 2.24) is 9.97 Å². The first kappa shape index (κ1) is 24.4. The molecular weight excluding hydrogens is 458 g/mol. The molecule has 1 aromatic heterocycles. The number of esters is 1. The fourth-order valence-electron chi connectivity index (χ4n) is 3.63. The summed E-state index contributed by atoms with van der Waals surface area (Å²) in [5.74, 6) is 0.291. The largest absolute Gasteiger partial charge is 0.462 e. The van der Waals surface area contributed by atoms with Gasteiger partial charge >= 0.3 is 5.97 Å². The number of hydrogen-bond donors (Lipinski definition) is 1. The molecule has 0 bridgehead atoms. The minimum absolute atomic E-state index is 0.158. The van der Waals surface area contributed by atoms with Gasteiger partial charge in [-0.15, -0.1) is 0 Å². The number of benzene rings is 3. The molecule has 35 heavy (non-hydrogen) atoms. The molecule has 4 aromatic rings. The highest BCUT2D eigenvalue weighted by Crippen LogP contribution is 2.30. The zero-order valence-corrected chi connectivity index (χ0v) is 20.8. The molecule has 0 aliphatic rings. The molecule has 0 aliphatic carbocycles. The van der Waals surface area contributed by atoms with Crippen LogP contribution in [-0.4, -0.2) is 34.2 Å². The number of nitrogens with zero attached hydrogens (tertiary/aromatic N) is 2. The highest BCUT2D eigenvalue weighted by Gasteiger charge is 2.13. The van der Waals surface area contributed by atoms with Crippen molar-refractivity contribution in [2.45, 2.75) is 32.2 Å². The maximum absolute atomic E-state index is 12.7. The Morgan fingerprint density at radius 2 is 1.77 bits per heavy atom. The summed E-state index contributed by atoms with van der Waals surface area (Å²) >= 11 is 1.39. The summed E-state index contributed by atoms with van der Waals surface area (Å²) in [6, 6.07) is 20.9. The Morgan fingerprint density at radius 3 is 2.49 bits per heavy atom. The summed E-state index contributed by atoms with van der Waals surface area (Å²) in [4.78, 5) is 34.1. The first-order valence-electron chi connectivity index (χ1n) is 11.5. The van der Waals surface area contributed by atoms with Gasteiger partial charge in [0.25, 0.3) is 0 Å². The number of carbonyl (C=O) groups is 2. The molecule has 0 aliphatic heterocycles. The van der Waals surface area contributed by atoms with Gasteiger partial charge in [0, 0.05) is 16.6 Å². The van der Waals surface area contributed by atoms with E-state index in [-0.39, 0.29) is 17.6 Å². The van der Waals surface area contributed by atoms with Crippen molar-refractivity contribution in [2.75, 3.05) is 17.7 Å². The number of ether oxygens (including phenoxy) is 1. The van der Waals surface area contributed by atoms with Gasteiger partial charge in [-0.3, -0.25) is 4.79 Å². The molecule has 3 aromatic carbocycles. The molecule has 6 nitrogen and oxygen atoms in total. The number of rotatable bonds is 8. The maximum Gasteiger partial charge on any atom is 0.338 e. The second-order valence-electron chi connectivity index (χ2n) is 8.06. The van der Waals surface area contributed by atoms with Gasteiger partial charge < -0.3 is 10.1 Å². The van der Waals surface area contributed by atoms with Gasteiger partial charge in [-0.1, -0.05) is 48.5 Å². The summed E-state index contributed by atoms with van der Waals surface area (Å²) in [5, 5.41) is 4.59. The summed E-state index contributed by atoms with van der Waals surface area (Å²) in [5.41, 5.74) is 5.19. The van der Waals surface area contributed by atoms with Crippen molar-refractivity contribution >= 4 is 40.2 Å². The van der Waals surface area contributed by atoms with Crippen LogP contribution in [0.15, 0.2) is 71.8 Å². The van der Waals surface area contributed by atoms with Crippen LogP contribution in [0.4, 0.5) is 5.69 Å². The number of hydrogen-bond acceptors (Lipinski definition) is 6. The van der Waals surface area contributed by atoms with Crippen molar-refractivity contribution in [3.05, 3.63) is 83.4 Å². The van der Waals surface area contributed by atoms with Crippen LogP contribution in [0, 0.1) is 6.92 Å².